The molecule has 1 N–H and O–H groups in total. The average Bonchev–Trinajstić information content (AvgIpc) is 3.06. The number of ether oxygens (including phenoxy) is 1. The lowest BCUT2D eigenvalue weighted by atomic mass is 10.1. The summed E-state index contributed by atoms with van der Waals surface area (Å²) in [4.78, 5) is 17.2. The van der Waals surface area contributed by atoms with E-state index in [-0.39, 0.29) is 17.5 Å². The zero-order chi connectivity index (χ0) is 19.4. The molecule has 0 unspecified atom stereocenters. The van der Waals surface area contributed by atoms with Gasteiger partial charge in [-0.15, -0.1) is 11.3 Å². The number of halogens is 4. The van der Waals surface area contributed by atoms with Crippen LogP contribution in [0.25, 0.3) is 0 Å². The quantitative estimate of drug-likeness (QED) is 0.464. The molecule has 0 aliphatic heterocycles. The monoisotopic (exact) mass is 460 g/mol. The van der Waals surface area contributed by atoms with E-state index in [1.54, 1.807) is 36.5 Å². The predicted molar refractivity (Wildman–Crippen MR) is 112 cm³/mol. The first-order valence-electron chi connectivity index (χ1n) is 7.67. The molecule has 0 atom stereocenters. The first kappa shape index (κ1) is 20.2. The molecule has 1 amide bonds. The van der Waals surface area contributed by atoms with Crippen LogP contribution in [0.5, 0.6) is 5.75 Å². The van der Waals surface area contributed by atoms with Crippen LogP contribution in [-0.4, -0.2) is 17.5 Å². The van der Waals surface area contributed by atoms with Gasteiger partial charge in [-0.3, -0.25) is 10.1 Å². The van der Waals surface area contributed by atoms with Gasteiger partial charge in [0, 0.05) is 27.5 Å². The van der Waals surface area contributed by atoms with Gasteiger partial charge in [0.1, 0.15) is 10.8 Å². The molecule has 27 heavy (non-hydrogen) atoms. The van der Waals surface area contributed by atoms with Crippen LogP contribution in [0.2, 0.25) is 20.1 Å². The fraction of sp³-hybridized carbons (Fsp3) is 0.111. The van der Waals surface area contributed by atoms with Crippen molar-refractivity contribution in [1.82, 2.24) is 4.98 Å². The number of carbonyl (C=O) groups excluding carboxylic acids is 1. The summed E-state index contributed by atoms with van der Waals surface area (Å²) in [5.41, 5.74) is 0.893. The number of anilines is 1. The van der Waals surface area contributed by atoms with Crippen LogP contribution in [0.1, 0.15) is 10.4 Å². The third-order valence-electron chi connectivity index (χ3n) is 3.45. The summed E-state index contributed by atoms with van der Waals surface area (Å²) < 4.78 is 5.40. The van der Waals surface area contributed by atoms with Crippen LogP contribution in [0.15, 0.2) is 42.6 Å². The van der Waals surface area contributed by atoms with Gasteiger partial charge in [0.25, 0.3) is 5.91 Å². The Bertz CT molecular complexity index is 978. The van der Waals surface area contributed by atoms with Crippen LogP contribution in [0.3, 0.4) is 0 Å². The number of nitrogens with zero attached hydrogens (tertiary/aromatic N) is 1. The van der Waals surface area contributed by atoms with E-state index in [1.807, 2.05) is 6.07 Å². The summed E-state index contributed by atoms with van der Waals surface area (Å²) in [5, 5.41) is 5.02. The molecule has 0 fully saturated rings. The standard InChI is InChI=1S/C18H12Cl4N2O2S/c19-11-4-5-13(20)10(6-11)7-12-8-23-18(27-12)24-16(25)9-26-15-3-1-2-14(21)17(15)22/h1-6,8H,7,9H2,(H,23,24,25). The van der Waals surface area contributed by atoms with Crippen LogP contribution in [0, 0.1) is 0 Å². The Morgan fingerprint density at radius 2 is 1.93 bits per heavy atom. The lowest BCUT2D eigenvalue weighted by molar-refractivity contribution is -0.118. The second kappa shape index (κ2) is 9.13. The van der Waals surface area contributed by atoms with Crippen molar-refractivity contribution in [2.75, 3.05) is 11.9 Å². The number of thiazole rings is 1. The summed E-state index contributed by atoms with van der Waals surface area (Å²) in [6, 6.07) is 10.3. The lowest BCUT2D eigenvalue weighted by Crippen LogP contribution is -2.20. The Kier molecular flexibility index (Phi) is 6.84. The Balaban J connectivity index is 1.58. The minimum Gasteiger partial charge on any atom is -0.482 e. The second-order valence-electron chi connectivity index (χ2n) is 5.43. The minimum atomic E-state index is -0.354. The highest BCUT2D eigenvalue weighted by molar-refractivity contribution is 7.15. The number of aromatic nitrogens is 1. The molecular formula is C18H12Cl4N2O2S. The lowest BCUT2D eigenvalue weighted by Gasteiger charge is -2.08. The van der Waals surface area contributed by atoms with Crippen molar-refractivity contribution in [3.8, 4) is 5.75 Å². The fourth-order valence-corrected chi connectivity index (χ4v) is 3.78. The predicted octanol–water partition coefficient (Wildman–Crippen LogP) is 6.37. The van der Waals surface area contributed by atoms with Gasteiger partial charge in [-0.1, -0.05) is 52.5 Å². The fourth-order valence-electron chi connectivity index (χ4n) is 2.21. The first-order valence-corrected chi connectivity index (χ1v) is 10.0. The van der Waals surface area contributed by atoms with Crippen LogP contribution < -0.4 is 10.1 Å². The van der Waals surface area contributed by atoms with E-state index in [0.29, 0.717) is 32.4 Å². The molecule has 9 heteroatoms. The third kappa shape index (κ3) is 5.50. The highest BCUT2D eigenvalue weighted by Crippen LogP contribution is 2.31. The Labute approximate surface area is 180 Å². The van der Waals surface area contributed by atoms with Gasteiger partial charge in [0.05, 0.1) is 5.02 Å². The van der Waals surface area contributed by atoms with E-state index < -0.39 is 0 Å². The first-order chi connectivity index (χ1) is 12.9. The third-order valence-corrected chi connectivity index (χ3v) is 5.77. The van der Waals surface area contributed by atoms with E-state index >= 15 is 0 Å². The topological polar surface area (TPSA) is 51.2 Å². The zero-order valence-electron chi connectivity index (χ0n) is 13.6. The largest absolute Gasteiger partial charge is 0.482 e. The molecule has 0 radical (unpaired) electrons. The smallest absolute Gasteiger partial charge is 0.264 e. The van der Waals surface area contributed by atoms with Crippen LogP contribution >= 0.6 is 57.7 Å². The molecular weight excluding hydrogens is 450 g/mol. The second-order valence-corrected chi connectivity index (χ2v) is 8.18. The summed E-state index contributed by atoms with van der Waals surface area (Å²) >= 11 is 25.5. The highest BCUT2D eigenvalue weighted by atomic mass is 35.5. The van der Waals surface area contributed by atoms with Gasteiger partial charge in [0.2, 0.25) is 0 Å². The van der Waals surface area contributed by atoms with Crippen molar-refractivity contribution in [2.45, 2.75) is 6.42 Å². The van der Waals surface area contributed by atoms with Crippen molar-refractivity contribution in [3.63, 3.8) is 0 Å². The number of rotatable bonds is 6. The molecule has 0 aliphatic carbocycles. The maximum atomic E-state index is 12.1. The molecule has 0 bridgehead atoms. The number of amides is 1. The van der Waals surface area contributed by atoms with Crippen molar-refractivity contribution in [3.05, 3.63) is 73.1 Å². The molecule has 3 aromatic rings. The molecule has 3 rings (SSSR count). The van der Waals surface area contributed by atoms with Crippen LogP contribution in [0.4, 0.5) is 5.13 Å². The molecule has 4 nitrogen and oxygen atoms in total. The summed E-state index contributed by atoms with van der Waals surface area (Å²) in [5.74, 6) is -0.0116. The van der Waals surface area contributed by atoms with Crippen molar-refractivity contribution in [2.24, 2.45) is 0 Å². The van der Waals surface area contributed by atoms with Gasteiger partial charge < -0.3 is 4.74 Å². The normalized spacial score (nSPS) is 10.7. The van der Waals surface area contributed by atoms with Crippen molar-refractivity contribution >= 4 is 68.8 Å². The van der Waals surface area contributed by atoms with E-state index in [2.05, 4.69) is 10.3 Å². The Hall–Kier alpha value is -1.50. The maximum absolute atomic E-state index is 12.1. The minimum absolute atomic E-state index is 0.213. The van der Waals surface area contributed by atoms with Gasteiger partial charge in [-0.2, -0.15) is 0 Å². The molecule has 1 aromatic heterocycles. The zero-order valence-corrected chi connectivity index (χ0v) is 17.5. The van der Waals surface area contributed by atoms with Crippen LogP contribution in [-0.2, 0) is 11.2 Å². The van der Waals surface area contributed by atoms with Gasteiger partial charge in [-0.25, -0.2) is 4.98 Å². The summed E-state index contributed by atoms with van der Waals surface area (Å²) in [6.07, 6.45) is 2.26. The Morgan fingerprint density at radius 1 is 1.11 bits per heavy atom. The molecule has 0 saturated carbocycles. The van der Waals surface area contributed by atoms with Gasteiger partial charge in [0.15, 0.2) is 11.7 Å². The molecule has 1 heterocycles. The Morgan fingerprint density at radius 3 is 2.74 bits per heavy atom. The van der Waals surface area contributed by atoms with E-state index in [1.165, 1.54) is 11.3 Å². The van der Waals surface area contributed by atoms with Crippen molar-refractivity contribution in [1.29, 1.82) is 0 Å². The molecule has 0 saturated heterocycles. The summed E-state index contributed by atoms with van der Waals surface area (Å²) in [6.45, 7) is -0.213. The van der Waals surface area contributed by atoms with E-state index in [4.69, 9.17) is 51.1 Å². The SMILES string of the molecule is O=C(COc1cccc(Cl)c1Cl)Nc1ncc(Cc2cc(Cl)ccc2Cl)s1. The highest BCUT2D eigenvalue weighted by Gasteiger charge is 2.11. The number of nitrogens with one attached hydrogen (secondary N) is 1. The molecule has 0 spiro atoms. The van der Waals surface area contributed by atoms with E-state index in [0.717, 1.165) is 10.4 Å². The number of carbonyl (C=O) groups is 1. The summed E-state index contributed by atoms with van der Waals surface area (Å²) in [7, 11) is 0. The number of hydrogen-bond acceptors (Lipinski definition) is 4. The number of hydrogen-bond donors (Lipinski definition) is 1. The van der Waals surface area contributed by atoms with Gasteiger partial charge >= 0.3 is 0 Å². The van der Waals surface area contributed by atoms with E-state index in [9.17, 15) is 4.79 Å². The molecule has 0 aliphatic rings. The molecule has 140 valence electrons. The molecule has 2 aromatic carbocycles. The average molecular weight is 462 g/mol. The number of benzene rings is 2. The van der Waals surface area contributed by atoms with Gasteiger partial charge in [-0.05, 0) is 35.9 Å². The van der Waals surface area contributed by atoms with Crippen molar-refractivity contribution < 1.29 is 9.53 Å². The maximum Gasteiger partial charge on any atom is 0.264 e.